The van der Waals surface area contributed by atoms with Gasteiger partial charge in [-0.3, -0.25) is 4.79 Å². The van der Waals surface area contributed by atoms with Gasteiger partial charge in [0.2, 0.25) is 15.9 Å². The van der Waals surface area contributed by atoms with Crippen LogP contribution in [-0.4, -0.2) is 57.6 Å². The molecule has 0 aromatic rings. The van der Waals surface area contributed by atoms with E-state index in [9.17, 15) is 13.2 Å². The number of sulfonamides is 1. The standard InChI is InChI=1S/C10H21N3O3S/c1-13(2)17(15,16)7-6-12-10(14)8-9-4-3-5-11-9/h9,11H,3-8H2,1-2H3,(H,12,14). The third-order valence-corrected chi connectivity index (χ3v) is 4.67. The van der Waals surface area contributed by atoms with Gasteiger partial charge in [-0.05, 0) is 19.4 Å². The van der Waals surface area contributed by atoms with Gasteiger partial charge in [0.05, 0.1) is 5.75 Å². The molecule has 1 saturated heterocycles. The molecule has 1 rings (SSSR count). The largest absolute Gasteiger partial charge is 0.355 e. The van der Waals surface area contributed by atoms with Crippen LogP contribution < -0.4 is 10.6 Å². The minimum absolute atomic E-state index is 0.0518. The number of nitrogens with zero attached hydrogens (tertiary/aromatic N) is 1. The smallest absolute Gasteiger partial charge is 0.221 e. The van der Waals surface area contributed by atoms with E-state index in [4.69, 9.17) is 0 Å². The van der Waals surface area contributed by atoms with Crippen LogP contribution in [0.1, 0.15) is 19.3 Å². The van der Waals surface area contributed by atoms with Crippen molar-refractivity contribution in [2.45, 2.75) is 25.3 Å². The maximum atomic E-state index is 11.5. The molecule has 100 valence electrons. The van der Waals surface area contributed by atoms with Gasteiger partial charge in [0.15, 0.2) is 0 Å². The summed E-state index contributed by atoms with van der Waals surface area (Å²) in [4.78, 5) is 11.5. The first kappa shape index (κ1) is 14.4. The van der Waals surface area contributed by atoms with Crippen LogP contribution in [-0.2, 0) is 14.8 Å². The average molecular weight is 263 g/mol. The number of hydrogen-bond donors (Lipinski definition) is 2. The zero-order valence-electron chi connectivity index (χ0n) is 10.4. The number of nitrogens with one attached hydrogen (secondary N) is 2. The summed E-state index contributed by atoms with van der Waals surface area (Å²) in [5, 5.41) is 5.86. The van der Waals surface area contributed by atoms with Gasteiger partial charge in [-0.1, -0.05) is 0 Å². The quantitative estimate of drug-likeness (QED) is 0.653. The van der Waals surface area contributed by atoms with E-state index in [0.29, 0.717) is 6.42 Å². The Hall–Kier alpha value is -0.660. The van der Waals surface area contributed by atoms with Crippen molar-refractivity contribution < 1.29 is 13.2 Å². The van der Waals surface area contributed by atoms with Gasteiger partial charge >= 0.3 is 0 Å². The summed E-state index contributed by atoms with van der Waals surface area (Å²) in [7, 11) is -0.247. The van der Waals surface area contributed by atoms with E-state index < -0.39 is 10.0 Å². The van der Waals surface area contributed by atoms with E-state index in [-0.39, 0.29) is 24.2 Å². The van der Waals surface area contributed by atoms with Gasteiger partial charge in [0.1, 0.15) is 0 Å². The molecule has 1 aliphatic rings. The Labute approximate surface area is 103 Å². The molecule has 6 nitrogen and oxygen atoms in total. The number of hydrogen-bond acceptors (Lipinski definition) is 4. The fourth-order valence-electron chi connectivity index (χ4n) is 1.73. The second-order valence-electron chi connectivity index (χ2n) is 4.45. The molecular weight excluding hydrogens is 242 g/mol. The molecule has 7 heteroatoms. The van der Waals surface area contributed by atoms with Gasteiger partial charge < -0.3 is 10.6 Å². The van der Waals surface area contributed by atoms with Crippen LogP contribution in [0.2, 0.25) is 0 Å². The molecule has 0 aromatic carbocycles. The van der Waals surface area contributed by atoms with Crippen LogP contribution in [0.4, 0.5) is 0 Å². The minimum atomic E-state index is -3.22. The highest BCUT2D eigenvalue weighted by molar-refractivity contribution is 7.89. The molecule has 1 heterocycles. The predicted octanol–water partition coefficient (Wildman–Crippen LogP) is -0.864. The summed E-state index contributed by atoms with van der Waals surface area (Å²) >= 11 is 0. The van der Waals surface area contributed by atoms with Crippen molar-refractivity contribution in [2.24, 2.45) is 0 Å². The monoisotopic (exact) mass is 263 g/mol. The summed E-state index contributed by atoms with van der Waals surface area (Å²) in [6.07, 6.45) is 2.55. The Morgan fingerprint density at radius 3 is 2.71 bits per heavy atom. The van der Waals surface area contributed by atoms with E-state index in [1.807, 2.05) is 0 Å². The van der Waals surface area contributed by atoms with Crippen LogP contribution in [0, 0.1) is 0 Å². The predicted molar refractivity (Wildman–Crippen MR) is 66.1 cm³/mol. The van der Waals surface area contributed by atoms with E-state index in [0.717, 1.165) is 23.7 Å². The molecule has 17 heavy (non-hydrogen) atoms. The number of rotatable bonds is 6. The first-order valence-electron chi connectivity index (χ1n) is 5.82. The van der Waals surface area contributed by atoms with Crippen LogP contribution >= 0.6 is 0 Å². The lowest BCUT2D eigenvalue weighted by Gasteiger charge is -2.13. The van der Waals surface area contributed by atoms with Gasteiger partial charge in [-0.2, -0.15) is 0 Å². The molecule has 0 radical (unpaired) electrons. The van der Waals surface area contributed by atoms with Crippen molar-refractivity contribution in [1.29, 1.82) is 0 Å². The highest BCUT2D eigenvalue weighted by Gasteiger charge is 2.18. The summed E-state index contributed by atoms with van der Waals surface area (Å²) < 4.78 is 24.0. The number of carbonyl (C=O) groups excluding carboxylic acids is 1. The number of carbonyl (C=O) groups is 1. The molecule has 0 saturated carbocycles. The molecule has 0 spiro atoms. The van der Waals surface area contributed by atoms with Gasteiger partial charge in [-0.15, -0.1) is 0 Å². The van der Waals surface area contributed by atoms with Crippen LogP contribution in [0.5, 0.6) is 0 Å². The Morgan fingerprint density at radius 2 is 2.18 bits per heavy atom. The van der Waals surface area contributed by atoms with Crippen molar-refractivity contribution in [2.75, 3.05) is 32.9 Å². The fourth-order valence-corrected chi connectivity index (χ4v) is 2.45. The highest BCUT2D eigenvalue weighted by Crippen LogP contribution is 2.08. The van der Waals surface area contributed by atoms with Gasteiger partial charge in [0, 0.05) is 33.1 Å². The summed E-state index contributed by atoms with van der Waals surface area (Å²) in [6, 6.07) is 0.250. The van der Waals surface area contributed by atoms with E-state index in [1.54, 1.807) is 0 Å². The van der Waals surface area contributed by atoms with Crippen molar-refractivity contribution in [3.8, 4) is 0 Å². The Bertz CT molecular complexity index is 348. The molecule has 1 aliphatic heterocycles. The Balaban J connectivity index is 2.20. The van der Waals surface area contributed by atoms with Gasteiger partial charge in [-0.25, -0.2) is 12.7 Å². The molecular formula is C10H21N3O3S. The third-order valence-electron chi connectivity index (χ3n) is 2.83. The lowest BCUT2D eigenvalue weighted by Crippen LogP contribution is -2.36. The maximum Gasteiger partial charge on any atom is 0.221 e. The van der Waals surface area contributed by atoms with Crippen LogP contribution in [0.15, 0.2) is 0 Å². The van der Waals surface area contributed by atoms with Crippen molar-refractivity contribution >= 4 is 15.9 Å². The topological polar surface area (TPSA) is 78.5 Å². The molecule has 1 fully saturated rings. The summed E-state index contributed by atoms with van der Waals surface area (Å²) in [5.74, 6) is -0.137. The minimum Gasteiger partial charge on any atom is -0.355 e. The Kier molecular flexibility index (Phi) is 5.35. The summed E-state index contributed by atoms with van der Waals surface area (Å²) in [5.41, 5.74) is 0. The molecule has 1 amide bonds. The molecule has 1 atom stereocenters. The SMILES string of the molecule is CN(C)S(=O)(=O)CCNC(=O)CC1CCCN1. The first-order valence-corrected chi connectivity index (χ1v) is 7.43. The van der Waals surface area contributed by atoms with Crippen LogP contribution in [0.25, 0.3) is 0 Å². The second kappa shape index (κ2) is 6.32. The Morgan fingerprint density at radius 1 is 1.47 bits per heavy atom. The lowest BCUT2D eigenvalue weighted by atomic mass is 10.1. The summed E-state index contributed by atoms with van der Waals surface area (Å²) in [6.45, 7) is 1.14. The molecule has 1 unspecified atom stereocenters. The molecule has 2 N–H and O–H groups in total. The van der Waals surface area contributed by atoms with Crippen molar-refractivity contribution in [3.05, 3.63) is 0 Å². The molecule has 0 bridgehead atoms. The molecule has 0 aromatic heterocycles. The van der Waals surface area contributed by atoms with Gasteiger partial charge in [0.25, 0.3) is 0 Å². The number of amides is 1. The lowest BCUT2D eigenvalue weighted by molar-refractivity contribution is -0.121. The van der Waals surface area contributed by atoms with Crippen molar-refractivity contribution in [3.63, 3.8) is 0 Å². The third kappa shape index (κ3) is 5.01. The average Bonchev–Trinajstić information content (AvgIpc) is 2.69. The highest BCUT2D eigenvalue weighted by atomic mass is 32.2. The normalized spacial score (nSPS) is 20.8. The maximum absolute atomic E-state index is 11.5. The second-order valence-corrected chi connectivity index (χ2v) is 6.75. The van der Waals surface area contributed by atoms with E-state index in [1.165, 1.54) is 14.1 Å². The molecule has 0 aliphatic carbocycles. The zero-order valence-corrected chi connectivity index (χ0v) is 11.2. The van der Waals surface area contributed by atoms with Crippen molar-refractivity contribution in [1.82, 2.24) is 14.9 Å². The zero-order chi connectivity index (χ0) is 12.9. The van der Waals surface area contributed by atoms with E-state index in [2.05, 4.69) is 10.6 Å². The van der Waals surface area contributed by atoms with Crippen LogP contribution in [0.3, 0.4) is 0 Å². The fraction of sp³-hybridized carbons (Fsp3) is 0.900. The van der Waals surface area contributed by atoms with E-state index >= 15 is 0 Å². The first-order chi connectivity index (χ1) is 7.92.